The van der Waals surface area contributed by atoms with Gasteiger partial charge in [-0.25, -0.2) is 0 Å². The summed E-state index contributed by atoms with van der Waals surface area (Å²) in [4.78, 5) is 0. The zero-order valence-corrected chi connectivity index (χ0v) is 30.6. The Labute approximate surface area is 270 Å². The van der Waals surface area contributed by atoms with Crippen molar-refractivity contribution in [1.82, 2.24) is 0 Å². The van der Waals surface area contributed by atoms with Gasteiger partial charge in [0.1, 0.15) is 0 Å². The molecule has 0 aliphatic carbocycles. The van der Waals surface area contributed by atoms with Gasteiger partial charge in [0.15, 0.2) is 0 Å². The normalized spacial score (nSPS) is 13.1. The standard InChI is InChI=1S/C42H86/c1-5-8-11-14-17-20-23-24-27-30-33-36-39-42(38-35-32-29-26-22-19-16-13-10-7-3)40-41(4)37-34-31-28-25-21-18-15-12-9-6-2/h41-42H,5-40H2,1-4H3. The van der Waals surface area contributed by atoms with Crippen LogP contribution in [-0.4, -0.2) is 0 Å². The summed E-state index contributed by atoms with van der Waals surface area (Å²) in [6.07, 6.45) is 53.2. The summed E-state index contributed by atoms with van der Waals surface area (Å²) in [6, 6.07) is 0. The topological polar surface area (TPSA) is 0 Å². The van der Waals surface area contributed by atoms with Crippen LogP contribution in [0, 0.1) is 11.8 Å². The quantitative estimate of drug-likeness (QED) is 0.0631. The van der Waals surface area contributed by atoms with Crippen molar-refractivity contribution in [3.8, 4) is 0 Å². The lowest BCUT2D eigenvalue weighted by molar-refractivity contribution is 0.312. The van der Waals surface area contributed by atoms with Gasteiger partial charge in [-0.15, -0.1) is 0 Å². The van der Waals surface area contributed by atoms with Crippen LogP contribution in [0.4, 0.5) is 0 Å². The van der Waals surface area contributed by atoms with Crippen molar-refractivity contribution in [1.29, 1.82) is 0 Å². The van der Waals surface area contributed by atoms with E-state index in [4.69, 9.17) is 0 Å². The molecule has 0 rings (SSSR count). The van der Waals surface area contributed by atoms with Crippen molar-refractivity contribution >= 4 is 0 Å². The third-order valence-electron chi connectivity index (χ3n) is 10.2. The Kier molecular flexibility index (Phi) is 37.2. The smallest absolute Gasteiger partial charge is 0.0412 e. The Hall–Kier alpha value is 0. The molecule has 0 aromatic carbocycles. The van der Waals surface area contributed by atoms with E-state index in [0.717, 1.165) is 11.8 Å². The highest BCUT2D eigenvalue weighted by atomic mass is 14.2. The predicted molar refractivity (Wildman–Crippen MR) is 196 cm³/mol. The summed E-state index contributed by atoms with van der Waals surface area (Å²) in [6.45, 7) is 9.55. The van der Waals surface area contributed by atoms with E-state index in [1.807, 2.05) is 0 Å². The molecule has 0 nitrogen and oxygen atoms in total. The van der Waals surface area contributed by atoms with Crippen LogP contribution < -0.4 is 0 Å². The molecule has 2 unspecified atom stereocenters. The zero-order chi connectivity index (χ0) is 30.6. The van der Waals surface area contributed by atoms with Crippen LogP contribution in [0.15, 0.2) is 0 Å². The average Bonchev–Trinajstić information content (AvgIpc) is 2.99. The predicted octanol–water partition coefficient (Wildman–Crippen LogP) is 16.3. The first-order valence-corrected chi connectivity index (χ1v) is 20.7. The molecule has 42 heavy (non-hydrogen) atoms. The van der Waals surface area contributed by atoms with Crippen LogP contribution in [-0.2, 0) is 0 Å². The number of hydrogen-bond donors (Lipinski definition) is 0. The molecule has 0 N–H and O–H groups in total. The summed E-state index contributed by atoms with van der Waals surface area (Å²) < 4.78 is 0. The largest absolute Gasteiger partial charge is 0.0654 e. The zero-order valence-electron chi connectivity index (χ0n) is 30.6. The van der Waals surface area contributed by atoms with Crippen LogP contribution in [0.5, 0.6) is 0 Å². The minimum absolute atomic E-state index is 0.949. The van der Waals surface area contributed by atoms with Crippen molar-refractivity contribution < 1.29 is 0 Å². The maximum Gasteiger partial charge on any atom is -0.0412 e. The summed E-state index contributed by atoms with van der Waals surface area (Å²) in [5, 5.41) is 0. The summed E-state index contributed by atoms with van der Waals surface area (Å²) in [5.41, 5.74) is 0. The van der Waals surface area contributed by atoms with Crippen molar-refractivity contribution in [2.75, 3.05) is 0 Å². The first-order valence-electron chi connectivity index (χ1n) is 20.7. The summed E-state index contributed by atoms with van der Waals surface area (Å²) in [7, 11) is 0. The van der Waals surface area contributed by atoms with Gasteiger partial charge in [0, 0.05) is 0 Å². The molecule has 0 amide bonds. The van der Waals surface area contributed by atoms with Crippen molar-refractivity contribution in [2.45, 2.75) is 259 Å². The highest BCUT2D eigenvalue weighted by Gasteiger charge is 2.13. The van der Waals surface area contributed by atoms with Crippen LogP contribution in [0.1, 0.15) is 259 Å². The Balaban J connectivity index is 4.03. The van der Waals surface area contributed by atoms with Gasteiger partial charge >= 0.3 is 0 Å². The molecule has 0 aliphatic heterocycles. The molecule has 0 bridgehead atoms. The van der Waals surface area contributed by atoms with Crippen molar-refractivity contribution in [3.63, 3.8) is 0 Å². The van der Waals surface area contributed by atoms with Crippen molar-refractivity contribution in [2.24, 2.45) is 11.8 Å². The monoisotopic (exact) mass is 591 g/mol. The maximum absolute atomic E-state index is 2.58. The first kappa shape index (κ1) is 42.0. The van der Waals surface area contributed by atoms with Crippen LogP contribution in [0.2, 0.25) is 0 Å². The van der Waals surface area contributed by atoms with E-state index in [0.29, 0.717) is 0 Å². The molecule has 0 spiro atoms. The fraction of sp³-hybridized carbons (Fsp3) is 1.00. The van der Waals surface area contributed by atoms with Gasteiger partial charge in [-0.05, 0) is 18.3 Å². The Morgan fingerprint density at radius 2 is 0.476 bits per heavy atom. The van der Waals surface area contributed by atoms with Gasteiger partial charge < -0.3 is 0 Å². The molecule has 0 saturated carbocycles. The van der Waals surface area contributed by atoms with E-state index >= 15 is 0 Å². The van der Waals surface area contributed by atoms with Gasteiger partial charge in [-0.1, -0.05) is 252 Å². The Bertz CT molecular complexity index is 453. The second-order valence-electron chi connectivity index (χ2n) is 14.8. The molecular formula is C42H86. The lowest BCUT2D eigenvalue weighted by Gasteiger charge is -2.21. The summed E-state index contributed by atoms with van der Waals surface area (Å²) >= 11 is 0. The molecule has 2 atom stereocenters. The molecule has 0 saturated heterocycles. The van der Waals surface area contributed by atoms with E-state index in [1.165, 1.54) is 231 Å². The Morgan fingerprint density at radius 1 is 0.262 bits per heavy atom. The molecule has 0 radical (unpaired) electrons. The van der Waals surface area contributed by atoms with Gasteiger partial charge in [0.25, 0.3) is 0 Å². The maximum atomic E-state index is 2.58. The number of rotatable bonds is 37. The molecule has 254 valence electrons. The number of hydrogen-bond acceptors (Lipinski definition) is 0. The van der Waals surface area contributed by atoms with E-state index in [2.05, 4.69) is 27.7 Å². The van der Waals surface area contributed by atoms with Crippen LogP contribution >= 0.6 is 0 Å². The molecule has 0 aromatic rings. The first-order chi connectivity index (χ1) is 20.7. The van der Waals surface area contributed by atoms with E-state index < -0.39 is 0 Å². The molecular weight excluding hydrogens is 504 g/mol. The highest BCUT2D eigenvalue weighted by Crippen LogP contribution is 2.28. The minimum atomic E-state index is 0.949. The fourth-order valence-corrected chi connectivity index (χ4v) is 7.24. The van der Waals surface area contributed by atoms with E-state index in [1.54, 1.807) is 0 Å². The lowest BCUT2D eigenvalue weighted by Crippen LogP contribution is -2.08. The van der Waals surface area contributed by atoms with Crippen LogP contribution in [0.3, 0.4) is 0 Å². The second kappa shape index (κ2) is 37.2. The van der Waals surface area contributed by atoms with Gasteiger partial charge in [-0.3, -0.25) is 0 Å². The molecule has 0 fully saturated rings. The van der Waals surface area contributed by atoms with Gasteiger partial charge in [-0.2, -0.15) is 0 Å². The highest BCUT2D eigenvalue weighted by molar-refractivity contribution is 4.66. The molecule has 0 heteroatoms. The third kappa shape index (κ3) is 34.5. The van der Waals surface area contributed by atoms with Crippen molar-refractivity contribution in [3.05, 3.63) is 0 Å². The SMILES string of the molecule is CCCCCCCCCCCCCCC(CCCCCCCCCCCC)CC(C)CCCCCCCCCCCC. The summed E-state index contributed by atoms with van der Waals surface area (Å²) in [5.74, 6) is 1.96. The molecule has 0 heterocycles. The fourth-order valence-electron chi connectivity index (χ4n) is 7.24. The second-order valence-corrected chi connectivity index (χ2v) is 14.8. The van der Waals surface area contributed by atoms with E-state index in [9.17, 15) is 0 Å². The third-order valence-corrected chi connectivity index (χ3v) is 10.2. The minimum Gasteiger partial charge on any atom is -0.0654 e. The molecule has 0 aromatic heterocycles. The van der Waals surface area contributed by atoms with E-state index in [-0.39, 0.29) is 0 Å². The lowest BCUT2D eigenvalue weighted by atomic mass is 9.85. The van der Waals surface area contributed by atoms with Gasteiger partial charge in [0.2, 0.25) is 0 Å². The molecule has 0 aliphatic rings. The average molecular weight is 591 g/mol. The van der Waals surface area contributed by atoms with Crippen LogP contribution in [0.25, 0.3) is 0 Å². The number of unbranched alkanes of at least 4 members (excludes halogenated alkanes) is 29. The van der Waals surface area contributed by atoms with Gasteiger partial charge in [0.05, 0.1) is 0 Å². The Morgan fingerprint density at radius 3 is 0.738 bits per heavy atom.